The monoisotopic (exact) mass is 325 g/mol. The molecule has 0 aliphatic rings. The van der Waals surface area contributed by atoms with E-state index in [0.717, 1.165) is 0 Å². The number of carbonyl (C=O) groups is 1. The summed E-state index contributed by atoms with van der Waals surface area (Å²) in [7, 11) is -2.27. The van der Waals surface area contributed by atoms with E-state index in [4.69, 9.17) is 0 Å². The lowest BCUT2D eigenvalue weighted by Crippen LogP contribution is -2.30. The highest BCUT2D eigenvalue weighted by Gasteiger charge is 2.23. The van der Waals surface area contributed by atoms with Crippen LogP contribution in [0.3, 0.4) is 0 Å². The SMILES string of the molecule is Cc1ccc(CNC(=O)CS(=O)(=O)c2nccn2C)cc1F. The molecule has 0 saturated carbocycles. The Hall–Kier alpha value is -2.22. The summed E-state index contributed by atoms with van der Waals surface area (Å²) in [6, 6.07) is 4.58. The number of hydrogen-bond donors (Lipinski definition) is 1. The molecule has 0 bridgehead atoms. The van der Waals surface area contributed by atoms with Crippen LogP contribution in [-0.4, -0.2) is 29.6 Å². The molecule has 0 unspecified atom stereocenters. The van der Waals surface area contributed by atoms with E-state index in [2.05, 4.69) is 10.3 Å². The molecule has 8 heteroatoms. The molecular weight excluding hydrogens is 309 g/mol. The van der Waals surface area contributed by atoms with Crippen LogP contribution < -0.4 is 5.32 Å². The zero-order valence-electron chi connectivity index (χ0n) is 12.2. The molecule has 118 valence electrons. The summed E-state index contributed by atoms with van der Waals surface area (Å²) in [5, 5.41) is 2.30. The van der Waals surface area contributed by atoms with Gasteiger partial charge in [-0.25, -0.2) is 17.8 Å². The Morgan fingerprint density at radius 1 is 1.41 bits per heavy atom. The van der Waals surface area contributed by atoms with Gasteiger partial charge in [0, 0.05) is 26.0 Å². The summed E-state index contributed by atoms with van der Waals surface area (Å²) in [6.07, 6.45) is 2.83. The first-order valence-corrected chi connectivity index (χ1v) is 8.16. The number of nitrogens with one attached hydrogen (secondary N) is 1. The van der Waals surface area contributed by atoms with Gasteiger partial charge in [-0.05, 0) is 24.1 Å². The number of aromatic nitrogens is 2. The largest absolute Gasteiger partial charge is 0.351 e. The molecular formula is C14H16FN3O3S. The van der Waals surface area contributed by atoms with Crippen molar-refractivity contribution in [1.82, 2.24) is 14.9 Å². The Morgan fingerprint density at radius 2 is 2.14 bits per heavy atom. The number of aryl methyl sites for hydroxylation is 2. The van der Waals surface area contributed by atoms with Gasteiger partial charge < -0.3 is 9.88 Å². The number of amides is 1. The third-order valence-corrected chi connectivity index (χ3v) is 4.69. The number of imidazole rings is 1. The third-order valence-electron chi connectivity index (χ3n) is 3.10. The average molecular weight is 325 g/mol. The number of halogens is 1. The van der Waals surface area contributed by atoms with E-state index in [9.17, 15) is 17.6 Å². The maximum Gasteiger partial charge on any atom is 0.235 e. The maximum absolute atomic E-state index is 13.4. The fourth-order valence-electron chi connectivity index (χ4n) is 1.89. The van der Waals surface area contributed by atoms with Crippen LogP contribution in [0.25, 0.3) is 0 Å². The summed E-state index contributed by atoms with van der Waals surface area (Å²) < 4.78 is 38.8. The standard InChI is InChI=1S/C14H16FN3O3S/c1-10-3-4-11(7-12(10)15)8-17-13(19)9-22(20,21)14-16-5-6-18(14)2/h3-7H,8-9H2,1-2H3,(H,17,19). The van der Waals surface area contributed by atoms with Gasteiger partial charge in [0.2, 0.25) is 20.9 Å². The van der Waals surface area contributed by atoms with Crippen molar-refractivity contribution in [3.8, 4) is 0 Å². The van der Waals surface area contributed by atoms with Crippen molar-refractivity contribution in [2.75, 3.05) is 5.75 Å². The Morgan fingerprint density at radius 3 is 2.73 bits per heavy atom. The van der Waals surface area contributed by atoms with Crippen LogP contribution in [0.2, 0.25) is 0 Å². The van der Waals surface area contributed by atoms with Gasteiger partial charge in [-0.15, -0.1) is 0 Å². The van der Waals surface area contributed by atoms with Gasteiger partial charge in [0.15, 0.2) is 0 Å². The van der Waals surface area contributed by atoms with Crippen molar-refractivity contribution in [2.24, 2.45) is 7.05 Å². The Bertz CT molecular complexity index is 799. The van der Waals surface area contributed by atoms with Crippen LogP contribution in [0.1, 0.15) is 11.1 Å². The molecule has 0 spiro atoms. The average Bonchev–Trinajstić information content (AvgIpc) is 2.87. The molecule has 0 aliphatic heterocycles. The zero-order valence-corrected chi connectivity index (χ0v) is 13.0. The highest BCUT2D eigenvalue weighted by molar-refractivity contribution is 7.91. The Labute approximate surface area is 127 Å². The van der Waals surface area contributed by atoms with E-state index < -0.39 is 21.5 Å². The van der Waals surface area contributed by atoms with E-state index >= 15 is 0 Å². The van der Waals surface area contributed by atoms with Gasteiger partial charge in [0.1, 0.15) is 11.6 Å². The Balaban J connectivity index is 1.98. The number of carbonyl (C=O) groups excluding carboxylic acids is 1. The molecule has 0 atom stereocenters. The van der Waals surface area contributed by atoms with Crippen molar-refractivity contribution in [3.05, 3.63) is 47.5 Å². The quantitative estimate of drug-likeness (QED) is 0.888. The van der Waals surface area contributed by atoms with E-state index in [1.807, 2.05) is 0 Å². The minimum atomic E-state index is -3.80. The van der Waals surface area contributed by atoms with Crippen molar-refractivity contribution in [3.63, 3.8) is 0 Å². The molecule has 22 heavy (non-hydrogen) atoms. The van der Waals surface area contributed by atoms with Crippen molar-refractivity contribution < 1.29 is 17.6 Å². The molecule has 1 N–H and O–H groups in total. The van der Waals surface area contributed by atoms with Gasteiger partial charge >= 0.3 is 0 Å². The lowest BCUT2D eigenvalue weighted by atomic mass is 10.1. The van der Waals surface area contributed by atoms with E-state index in [-0.39, 0.29) is 17.5 Å². The van der Waals surface area contributed by atoms with Crippen molar-refractivity contribution in [2.45, 2.75) is 18.6 Å². The number of nitrogens with zero attached hydrogens (tertiary/aromatic N) is 2. The summed E-state index contributed by atoms with van der Waals surface area (Å²) in [6.45, 7) is 1.70. The molecule has 1 aromatic heterocycles. The predicted molar refractivity (Wildman–Crippen MR) is 78.2 cm³/mol. The number of benzene rings is 1. The first-order valence-electron chi connectivity index (χ1n) is 6.51. The fourth-order valence-corrected chi connectivity index (χ4v) is 3.18. The van der Waals surface area contributed by atoms with Crippen LogP contribution in [0, 0.1) is 12.7 Å². The first-order chi connectivity index (χ1) is 10.3. The smallest absolute Gasteiger partial charge is 0.235 e. The first kappa shape index (κ1) is 16.2. The lowest BCUT2D eigenvalue weighted by Gasteiger charge is -2.07. The minimum Gasteiger partial charge on any atom is -0.351 e. The molecule has 0 saturated heterocycles. The Kier molecular flexibility index (Phi) is 4.60. The summed E-state index contributed by atoms with van der Waals surface area (Å²) in [5.41, 5.74) is 1.07. The molecule has 2 rings (SSSR count). The fraction of sp³-hybridized carbons (Fsp3) is 0.286. The van der Waals surface area contributed by atoms with Gasteiger partial charge in [-0.3, -0.25) is 4.79 Å². The molecule has 1 aromatic carbocycles. The van der Waals surface area contributed by atoms with Crippen LogP contribution in [-0.2, 0) is 28.2 Å². The lowest BCUT2D eigenvalue weighted by molar-refractivity contribution is -0.118. The second-order valence-electron chi connectivity index (χ2n) is 4.94. The molecule has 1 heterocycles. The topological polar surface area (TPSA) is 81.1 Å². The second-order valence-corrected chi connectivity index (χ2v) is 6.82. The molecule has 0 aliphatic carbocycles. The van der Waals surface area contributed by atoms with Gasteiger partial charge in [-0.2, -0.15) is 0 Å². The highest BCUT2D eigenvalue weighted by atomic mass is 32.2. The predicted octanol–water partition coefficient (Wildman–Crippen LogP) is 0.958. The van der Waals surface area contributed by atoms with E-state index in [1.165, 1.54) is 30.1 Å². The normalized spacial score (nSPS) is 11.4. The molecule has 6 nitrogen and oxygen atoms in total. The summed E-state index contributed by atoms with van der Waals surface area (Å²) in [5.74, 6) is -1.73. The van der Waals surface area contributed by atoms with Gasteiger partial charge in [-0.1, -0.05) is 12.1 Å². The van der Waals surface area contributed by atoms with E-state index in [1.54, 1.807) is 19.1 Å². The van der Waals surface area contributed by atoms with Crippen molar-refractivity contribution in [1.29, 1.82) is 0 Å². The van der Waals surface area contributed by atoms with Gasteiger partial charge in [0.25, 0.3) is 0 Å². The zero-order chi connectivity index (χ0) is 16.3. The molecule has 1 amide bonds. The highest BCUT2D eigenvalue weighted by Crippen LogP contribution is 2.09. The van der Waals surface area contributed by atoms with Crippen LogP contribution >= 0.6 is 0 Å². The van der Waals surface area contributed by atoms with Gasteiger partial charge in [0.05, 0.1) is 0 Å². The minimum absolute atomic E-state index is 0.0616. The number of rotatable bonds is 5. The maximum atomic E-state index is 13.4. The molecule has 2 aromatic rings. The second kappa shape index (κ2) is 6.27. The summed E-state index contributed by atoms with van der Waals surface area (Å²) >= 11 is 0. The number of hydrogen-bond acceptors (Lipinski definition) is 4. The van der Waals surface area contributed by atoms with Crippen LogP contribution in [0.5, 0.6) is 0 Å². The van der Waals surface area contributed by atoms with Crippen LogP contribution in [0.4, 0.5) is 4.39 Å². The summed E-state index contributed by atoms with van der Waals surface area (Å²) in [4.78, 5) is 15.5. The van der Waals surface area contributed by atoms with Crippen LogP contribution in [0.15, 0.2) is 35.7 Å². The van der Waals surface area contributed by atoms with E-state index in [0.29, 0.717) is 11.1 Å². The van der Waals surface area contributed by atoms with Crippen molar-refractivity contribution >= 4 is 15.7 Å². The third kappa shape index (κ3) is 3.70. The molecule has 0 radical (unpaired) electrons. The number of sulfone groups is 1. The molecule has 0 fully saturated rings.